The first-order chi connectivity index (χ1) is 22.5. The van der Waals surface area contributed by atoms with Gasteiger partial charge in [0.25, 0.3) is 0 Å². The Hall–Kier alpha value is -3.56. The summed E-state index contributed by atoms with van der Waals surface area (Å²) in [6.07, 6.45) is 8.61. The number of unbranched alkanes of at least 4 members (excludes halogenated alkanes) is 3. The van der Waals surface area contributed by atoms with Crippen molar-refractivity contribution in [2.45, 2.75) is 95.5 Å². The lowest BCUT2D eigenvalue weighted by Gasteiger charge is -2.48. The van der Waals surface area contributed by atoms with Crippen LogP contribution in [0.1, 0.15) is 99.6 Å². The van der Waals surface area contributed by atoms with E-state index in [0.29, 0.717) is 24.8 Å². The highest BCUT2D eigenvalue weighted by molar-refractivity contribution is 7.91. The maximum absolute atomic E-state index is 13.8. The summed E-state index contributed by atoms with van der Waals surface area (Å²) in [6.45, 7) is 3.31. The van der Waals surface area contributed by atoms with Gasteiger partial charge < -0.3 is 14.7 Å². The van der Waals surface area contributed by atoms with Gasteiger partial charge in [0.1, 0.15) is 21.8 Å². The third kappa shape index (κ3) is 10.2. The number of hydrogen-bond acceptors (Lipinski definition) is 6. The molecule has 9 heteroatoms. The van der Waals surface area contributed by atoms with Crippen molar-refractivity contribution >= 4 is 27.4 Å². The number of halogens is 1. The largest absolute Gasteiger partial charge is 0.458 e. The van der Waals surface area contributed by atoms with Crippen molar-refractivity contribution in [3.05, 3.63) is 101 Å². The highest BCUT2D eigenvalue weighted by Crippen LogP contribution is 2.46. The second kappa shape index (κ2) is 17.0. The van der Waals surface area contributed by atoms with Gasteiger partial charge in [-0.3, -0.25) is 9.59 Å². The lowest BCUT2D eigenvalue weighted by atomic mass is 9.78. The predicted octanol–water partition coefficient (Wildman–Crippen LogP) is 7.47. The average molecular weight is 666 g/mol. The Balaban J connectivity index is 1.50. The predicted molar refractivity (Wildman–Crippen MR) is 183 cm³/mol. The van der Waals surface area contributed by atoms with Crippen molar-refractivity contribution in [2.75, 3.05) is 17.8 Å². The Kier molecular flexibility index (Phi) is 13.1. The molecule has 0 bridgehead atoms. The standard InChI is InChI=1S/C38H48FNO6S/c1-27(47(3,44)45)9-8-11-30-14-22-34(23-15-30)40-37(32-16-12-29(13-17-32)10-6-4-5-7-26-41)35(38(40)43)24-25-36(46-28(2)42)31-18-20-33(39)21-19-31/h12-23,27,35-37,41H,4-11,24-26H2,1-3H3/t27?,35?,36-,37-/m1/s1. The van der Waals surface area contributed by atoms with Crippen LogP contribution in [0.4, 0.5) is 10.1 Å². The topological polar surface area (TPSA) is 101 Å². The molecule has 1 aliphatic heterocycles. The summed E-state index contributed by atoms with van der Waals surface area (Å²) in [6, 6.07) is 22.1. The maximum atomic E-state index is 13.8. The number of β-lactam (4-membered cyclic amide) rings is 1. The highest BCUT2D eigenvalue weighted by Gasteiger charge is 2.48. The zero-order chi connectivity index (χ0) is 34.0. The Morgan fingerprint density at radius 3 is 2.06 bits per heavy atom. The van der Waals surface area contributed by atoms with Gasteiger partial charge in [0, 0.05) is 25.5 Å². The number of hydrogen-bond donors (Lipinski definition) is 1. The minimum atomic E-state index is -3.05. The quantitative estimate of drug-likeness (QED) is 0.0860. The lowest BCUT2D eigenvalue weighted by Crippen LogP contribution is -2.55. The van der Waals surface area contributed by atoms with E-state index < -0.39 is 21.9 Å². The molecule has 0 saturated carbocycles. The second-order valence-electron chi connectivity index (χ2n) is 12.8. The van der Waals surface area contributed by atoms with Crippen LogP contribution in [-0.4, -0.2) is 43.5 Å². The third-order valence-electron chi connectivity index (χ3n) is 9.22. The molecular formula is C38H48FNO6S. The number of esters is 1. The number of sulfone groups is 1. The van der Waals surface area contributed by atoms with E-state index in [1.807, 2.05) is 29.2 Å². The van der Waals surface area contributed by atoms with Crippen molar-refractivity contribution in [3.63, 3.8) is 0 Å². The number of rotatable bonds is 18. The molecule has 1 aliphatic rings. The fourth-order valence-corrected chi connectivity index (χ4v) is 6.90. The van der Waals surface area contributed by atoms with Crippen molar-refractivity contribution in [1.82, 2.24) is 0 Å². The van der Waals surface area contributed by atoms with E-state index in [-0.39, 0.29) is 35.5 Å². The van der Waals surface area contributed by atoms with E-state index in [9.17, 15) is 22.4 Å². The van der Waals surface area contributed by atoms with E-state index in [2.05, 4.69) is 24.3 Å². The lowest BCUT2D eigenvalue weighted by molar-refractivity contribution is -0.147. The van der Waals surface area contributed by atoms with Crippen molar-refractivity contribution in [1.29, 1.82) is 0 Å². The van der Waals surface area contributed by atoms with Gasteiger partial charge in [0.15, 0.2) is 0 Å². The average Bonchev–Trinajstić information content (AvgIpc) is 3.04. The van der Waals surface area contributed by atoms with Crippen LogP contribution in [0.25, 0.3) is 0 Å². The van der Waals surface area contributed by atoms with Gasteiger partial charge in [-0.25, -0.2) is 12.8 Å². The molecule has 47 heavy (non-hydrogen) atoms. The monoisotopic (exact) mass is 665 g/mol. The van der Waals surface area contributed by atoms with Crippen LogP contribution in [-0.2, 0) is 37.0 Å². The summed E-state index contributed by atoms with van der Waals surface area (Å²) in [5, 5.41) is 8.65. The number of aryl methyl sites for hydroxylation is 2. The number of carbonyl (C=O) groups is 2. The van der Waals surface area contributed by atoms with Gasteiger partial charge in [-0.05, 0) is 105 Å². The summed E-state index contributed by atoms with van der Waals surface area (Å²) in [4.78, 5) is 27.5. The van der Waals surface area contributed by atoms with Gasteiger partial charge in [-0.15, -0.1) is 0 Å². The summed E-state index contributed by atoms with van der Waals surface area (Å²) in [7, 11) is -3.05. The molecule has 4 rings (SSSR count). The van der Waals surface area contributed by atoms with Crippen molar-refractivity contribution in [3.8, 4) is 0 Å². The van der Waals surface area contributed by atoms with E-state index in [1.54, 1.807) is 19.1 Å². The van der Waals surface area contributed by atoms with Crippen LogP contribution in [0.2, 0.25) is 0 Å². The fraction of sp³-hybridized carbons (Fsp3) is 0.474. The first-order valence-corrected chi connectivity index (χ1v) is 18.7. The highest BCUT2D eigenvalue weighted by atomic mass is 32.2. The van der Waals surface area contributed by atoms with Crippen LogP contribution in [0, 0.1) is 11.7 Å². The molecule has 3 aromatic rings. The molecule has 0 aromatic heterocycles. The molecule has 254 valence electrons. The Morgan fingerprint density at radius 2 is 1.47 bits per heavy atom. The number of aliphatic hydroxyl groups excluding tert-OH is 1. The minimum absolute atomic E-state index is 0.00151. The molecule has 0 spiro atoms. The van der Waals surface area contributed by atoms with Gasteiger partial charge in [0.2, 0.25) is 5.91 Å². The minimum Gasteiger partial charge on any atom is -0.458 e. The number of carbonyl (C=O) groups excluding carboxylic acids is 2. The summed E-state index contributed by atoms with van der Waals surface area (Å²) < 4.78 is 42.8. The molecule has 3 aromatic carbocycles. The number of nitrogens with zero attached hydrogens (tertiary/aromatic N) is 1. The molecule has 7 nitrogen and oxygen atoms in total. The number of benzene rings is 3. The number of anilines is 1. The Labute approximate surface area is 279 Å². The molecule has 2 unspecified atom stereocenters. The molecular weight excluding hydrogens is 617 g/mol. The molecule has 0 aliphatic carbocycles. The number of aliphatic hydroxyl groups is 1. The van der Waals surface area contributed by atoms with E-state index in [0.717, 1.165) is 61.8 Å². The molecule has 1 amide bonds. The fourth-order valence-electron chi connectivity index (χ4n) is 6.31. The number of ether oxygens (including phenoxy) is 1. The van der Waals surface area contributed by atoms with Gasteiger partial charge in [-0.1, -0.05) is 61.4 Å². The molecule has 1 fully saturated rings. The second-order valence-corrected chi connectivity index (χ2v) is 15.3. The zero-order valence-electron chi connectivity index (χ0n) is 27.7. The van der Waals surface area contributed by atoms with Crippen LogP contribution in [0.15, 0.2) is 72.8 Å². The zero-order valence-corrected chi connectivity index (χ0v) is 28.6. The van der Waals surface area contributed by atoms with Crippen LogP contribution >= 0.6 is 0 Å². The van der Waals surface area contributed by atoms with Gasteiger partial charge >= 0.3 is 5.97 Å². The first-order valence-electron chi connectivity index (χ1n) is 16.7. The van der Waals surface area contributed by atoms with Crippen LogP contribution < -0.4 is 4.90 Å². The Bertz CT molecular complexity index is 1560. The van der Waals surface area contributed by atoms with E-state index in [1.165, 1.54) is 30.9 Å². The number of amides is 1. The van der Waals surface area contributed by atoms with E-state index in [4.69, 9.17) is 9.84 Å². The van der Waals surface area contributed by atoms with Gasteiger partial charge in [-0.2, -0.15) is 0 Å². The molecule has 1 saturated heterocycles. The molecule has 4 atom stereocenters. The summed E-state index contributed by atoms with van der Waals surface area (Å²) in [5.41, 5.74) is 4.83. The Morgan fingerprint density at radius 1 is 0.872 bits per heavy atom. The van der Waals surface area contributed by atoms with Crippen LogP contribution in [0.3, 0.4) is 0 Å². The van der Waals surface area contributed by atoms with Crippen molar-refractivity contribution in [2.24, 2.45) is 5.92 Å². The maximum Gasteiger partial charge on any atom is 0.303 e. The van der Waals surface area contributed by atoms with Gasteiger partial charge in [0.05, 0.1) is 17.2 Å². The SMILES string of the molecule is CC(=O)O[C@H](CCC1C(=O)N(c2ccc(CCCC(C)S(C)(=O)=O)cc2)[C@@H]1c1ccc(CCCCCCO)cc1)c1ccc(F)cc1. The normalized spacial score (nSPS) is 17.6. The summed E-state index contributed by atoms with van der Waals surface area (Å²) >= 11 is 0. The molecule has 1 N–H and O–H groups in total. The first kappa shape index (κ1) is 36.3. The van der Waals surface area contributed by atoms with Crippen LogP contribution in [0.5, 0.6) is 0 Å². The smallest absolute Gasteiger partial charge is 0.303 e. The summed E-state index contributed by atoms with van der Waals surface area (Å²) in [5.74, 6) is -1.13. The molecule has 1 heterocycles. The third-order valence-corrected chi connectivity index (χ3v) is 10.9. The van der Waals surface area contributed by atoms with E-state index >= 15 is 0 Å². The molecule has 0 radical (unpaired) electrons. The van der Waals surface area contributed by atoms with Crippen molar-refractivity contribution < 1.29 is 32.2 Å².